The lowest BCUT2D eigenvalue weighted by molar-refractivity contribution is -0.131. The number of aromatic nitrogens is 1. The number of sulfone groups is 1. The van der Waals surface area contributed by atoms with Crippen LogP contribution in [0.1, 0.15) is 24.0 Å². The number of piperazine rings is 1. The number of hydrogen-bond acceptors (Lipinski definition) is 6. The highest BCUT2D eigenvalue weighted by molar-refractivity contribution is 7.91. The molecule has 1 fully saturated rings. The minimum atomic E-state index is -3.41. The normalized spacial score (nSPS) is 14.8. The topological polar surface area (TPSA) is 70.6 Å². The van der Waals surface area contributed by atoms with Gasteiger partial charge in [-0.15, -0.1) is 0 Å². The average molecular weight is 492 g/mol. The highest BCUT2D eigenvalue weighted by Gasteiger charge is 2.24. The number of hydrogen-bond donors (Lipinski definition) is 0. The van der Waals surface area contributed by atoms with E-state index in [0.717, 1.165) is 23.7 Å². The van der Waals surface area contributed by atoms with Crippen molar-refractivity contribution in [2.24, 2.45) is 0 Å². The number of rotatable bonds is 6. The Balaban J connectivity index is 1.29. The summed E-state index contributed by atoms with van der Waals surface area (Å²) in [6.07, 6.45) is 0.535. The van der Waals surface area contributed by atoms with E-state index in [2.05, 4.69) is 30.9 Å². The summed E-state index contributed by atoms with van der Waals surface area (Å²) in [4.78, 5) is 21.8. The first-order valence-corrected chi connectivity index (χ1v) is 13.5. The van der Waals surface area contributed by atoms with E-state index in [1.807, 2.05) is 4.90 Å². The fourth-order valence-corrected chi connectivity index (χ4v) is 6.34. The molecule has 1 aliphatic rings. The summed E-state index contributed by atoms with van der Waals surface area (Å²) in [6.45, 7) is 6.90. The molecule has 6 nitrogen and oxygen atoms in total. The molecule has 0 bridgehead atoms. The van der Waals surface area contributed by atoms with E-state index in [0.29, 0.717) is 24.5 Å². The molecule has 32 heavy (non-hydrogen) atoms. The molecule has 170 valence electrons. The zero-order valence-electron chi connectivity index (χ0n) is 18.2. The third-order valence-electron chi connectivity index (χ3n) is 5.95. The number of nitrogens with zero attached hydrogens (tertiary/aromatic N) is 3. The number of anilines is 1. The van der Waals surface area contributed by atoms with Gasteiger partial charge in [0.15, 0.2) is 15.0 Å². The van der Waals surface area contributed by atoms with Gasteiger partial charge in [-0.2, -0.15) is 0 Å². The number of carbonyl (C=O) groups excluding carboxylic acids is 1. The van der Waals surface area contributed by atoms with Crippen molar-refractivity contribution in [3.05, 3.63) is 52.5 Å². The Kier molecular flexibility index (Phi) is 6.74. The van der Waals surface area contributed by atoms with Gasteiger partial charge in [-0.25, -0.2) is 13.4 Å². The number of fused-ring (bicyclic) bond motifs is 1. The number of halogens is 1. The molecule has 0 unspecified atom stereocenters. The van der Waals surface area contributed by atoms with E-state index in [1.165, 1.54) is 28.0 Å². The third kappa shape index (κ3) is 4.92. The van der Waals surface area contributed by atoms with E-state index < -0.39 is 9.84 Å². The van der Waals surface area contributed by atoms with Crippen molar-refractivity contribution in [3.8, 4) is 0 Å². The van der Waals surface area contributed by atoms with Gasteiger partial charge in [0.2, 0.25) is 5.91 Å². The van der Waals surface area contributed by atoms with Crippen LogP contribution in [0.25, 0.3) is 10.2 Å². The van der Waals surface area contributed by atoms with Crippen LogP contribution in [0.3, 0.4) is 0 Å². The monoisotopic (exact) mass is 491 g/mol. The van der Waals surface area contributed by atoms with Crippen molar-refractivity contribution in [2.75, 3.05) is 36.8 Å². The molecule has 3 aromatic rings. The Morgan fingerprint density at radius 3 is 2.44 bits per heavy atom. The number of thiazole rings is 1. The molecule has 1 aromatic heterocycles. The van der Waals surface area contributed by atoms with Gasteiger partial charge in [0.05, 0.1) is 20.9 Å². The Hall–Kier alpha value is -2.16. The van der Waals surface area contributed by atoms with Crippen LogP contribution in [0.4, 0.5) is 5.13 Å². The van der Waals surface area contributed by atoms with Crippen LogP contribution >= 0.6 is 22.9 Å². The molecule has 1 saturated heterocycles. The number of carbonyl (C=O) groups is 1. The average Bonchev–Trinajstić information content (AvgIpc) is 3.22. The minimum Gasteiger partial charge on any atom is -0.345 e. The molecule has 0 N–H and O–H groups in total. The van der Waals surface area contributed by atoms with Crippen molar-refractivity contribution >= 4 is 54.0 Å². The molecule has 0 aliphatic carbocycles. The third-order valence-corrected chi connectivity index (χ3v) is 9.10. The van der Waals surface area contributed by atoms with Crippen LogP contribution in [0, 0.1) is 13.8 Å². The zero-order chi connectivity index (χ0) is 22.9. The Morgan fingerprint density at radius 2 is 1.75 bits per heavy atom. The Morgan fingerprint density at radius 1 is 1.06 bits per heavy atom. The predicted molar refractivity (Wildman–Crippen MR) is 131 cm³/mol. The van der Waals surface area contributed by atoms with Gasteiger partial charge in [0.1, 0.15) is 0 Å². The van der Waals surface area contributed by atoms with Gasteiger partial charge in [-0.05, 0) is 61.7 Å². The molecule has 1 aliphatic heterocycles. The maximum Gasteiger partial charge on any atom is 0.222 e. The van der Waals surface area contributed by atoms with Crippen molar-refractivity contribution in [1.82, 2.24) is 9.88 Å². The van der Waals surface area contributed by atoms with Crippen LogP contribution in [-0.4, -0.2) is 56.1 Å². The van der Waals surface area contributed by atoms with Gasteiger partial charge in [0.25, 0.3) is 0 Å². The summed E-state index contributed by atoms with van der Waals surface area (Å²) in [7, 11) is -3.41. The first kappa shape index (κ1) is 23.0. The molecule has 4 rings (SSSR count). The van der Waals surface area contributed by atoms with E-state index in [-0.39, 0.29) is 23.0 Å². The van der Waals surface area contributed by atoms with Crippen LogP contribution in [0.15, 0.2) is 41.3 Å². The van der Waals surface area contributed by atoms with E-state index in [1.54, 1.807) is 23.5 Å². The van der Waals surface area contributed by atoms with Crippen molar-refractivity contribution in [3.63, 3.8) is 0 Å². The fraction of sp³-hybridized carbons (Fsp3) is 0.391. The second-order valence-electron chi connectivity index (χ2n) is 8.09. The fourth-order valence-electron chi connectivity index (χ4n) is 3.83. The smallest absolute Gasteiger partial charge is 0.222 e. The van der Waals surface area contributed by atoms with Crippen molar-refractivity contribution < 1.29 is 13.2 Å². The van der Waals surface area contributed by atoms with Crippen LogP contribution in [0.2, 0.25) is 5.02 Å². The summed E-state index contributed by atoms with van der Waals surface area (Å²) in [6, 6.07) is 10.4. The van der Waals surface area contributed by atoms with E-state index in [4.69, 9.17) is 16.6 Å². The lowest BCUT2D eigenvalue weighted by Gasteiger charge is -2.34. The second-order valence-corrected chi connectivity index (χ2v) is 11.6. The molecule has 0 atom stereocenters. The number of amides is 1. The summed E-state index contributed by atoms with van der Waals surface area (Å²) in [5, 5.41) is 1.49. The lowest BCUT2D eigenvalue weighted by atomic mass is 10.1. The number of aryl methyl sites for hydroxylation is 2. The van der Waals surface area contributed by atoms with E-state index in [9.17, 15) is 13.2 Å². The van der Waals surface area contributed by atoms with Gasteiger partial charge in [0, 0.05) is 37.6 Å². The predicted octanol–water partition coefficient (Wildman–Crippen LogP) is 4.47. The maximum absolute atomic E-state index is 12.6. The van der Waals surface area contributed by atoms with Crippen LogP contribution < -0.4 is 4.90 Å². The molecule has 0 saturated carbocycles. The molecule has 0 spiro atoms. The Labute approximate surface area is 197 Å². The van der Waals surface area contributed by atoms with Crippen molar-refractivity contribution in [2.45, 2.75) is 31.6 Å². The SMILES string of the molecule is Cc1ccc2sc(N3CCN(C(=O)CCCS(=O)(=O)c4ccc(Cl)cc4)CC3)nc2c1C. The lowest BCUT2D eigenvalue weighted by Crippen LogP contribution is -2.48. The second kappa shape index (κ2) is 9.37. The van der Waals surface area contributed by atoms with Gasteiger partial charge >= 0.3 is 0 Å². The quantitative estimate of drug-likeness (QED) is 0.508. The van der Waals surface area contributed by atoms with Crippen molar-refractivity contribution in [1.29, 1.82) is 0 Å². The van der Waals surface area contributed by atoms with Crippen LogP contribution in [-0.2, 0) is 14.6 Å². The molecular formula is C23H26ClN3O3S2. The highest BCUT2D eigenvalue weighted by atomic mass is 35.5. The maximum atomic E-state index is 12.6. The summed E-state index contributed by atoms with van der Waals surface area (Å²) in [5.74, 6) is -0.0446. The molecule has 2 heterocycles. The van der Waals surface area contributed by atoms with Gasteiger partial charge in [-0.3, -0.25) is 4.79 Å². The van der Waals surface area contributed by atoms with Crippen LogP contribution in [0.5, 0.6) is 0 Å². The Bertz CT molecular complexity index is 1230. The summed E-state index contributed by atoms with van der Waals surface area (Å²) >= 11 is 7.51. The van der Waals surface area contributed by atoms with Gasteiger partial charge < -0.3 is 9.80 Å². The molecule has 0 radical (unpaired) electrons. The highest BCUT2D eigenvalue weighted by Crippen LogP contribution is 2.32. The first-order valence-electron chi connectivity index (χ1n) is 10.6. The summed E-state index contributed by atoms with van der Waals surface area (Å²) in [5.41, 5.74) is 3.51. The molecular weight excluding hydrogens is 466 g/mol. The molecule has 2 aromatic carbocycles. The van der Waals surface area contributed by atoms with E-state index >= 15 is 0 Å². The van der Waals surface area contributed by atoms with Gasteiger partial charge in [-0.1, -0.05) is 29.0 Å². The standard InChI is InChI=1S/C23H26ClN3O3S2/c1-16-5-10-20-22(17(16)2)25-23(31-20)27-13-11-26(12-14-27)21(28)4-3-15-32(29,30)19-8-6-18(24)7-9-19/h5-10H,3-4,11-15H2,1-2H3. The first-order chi connectivity index (χ1) is 15.2. The number of benzene rings is 2. The largest absolute Gasteiger partial charge is 0.345 e. The minimum absolute atomic E-state index is 0.00623. The summed E-state index contributed by atoms with van der Waals surface area (Å²) < 4.78 is 26.1. The molecule has 1 amide bonds. The molecule has 9 heteroatoms. The zero-order valence-corrected chi connectivity index (χ0v) is 20.6.